The Morgan fingerprint density at radius 3 is 2.71 bits per heavy atom. The van der Waals surface area contributed by atoms with Crippen LogP contribution in [0.15, 0.2) is 24.3 Å². The van der Waals surface area contributed by atoms with Crippen molar-refractivity contribution in [2.24, 2.45) is 0 Å². The van der Waals surface area contributed by atoms with Crippen molar-refractivity contribution in [3.63, 3.8) is 0 Å². The molecule has 2 rings (SSSR count). The van der Waals surface area contributed by atoms with Gasteiger partial charge in [-0.3, -0.25) is 0 Å². The lowest BCUT2D eigenvalue weighted by atomic mass is 10.1. The summed E-state index contributed by atoms with van der Waals surface area (Å²) in [7, 11) is 0. The maximum Gasteiger partial charge on any atom is 0.0368 e. The average Bonchev–Trinajstić information content (AvgIpc) is 2.35. The third-order valence-corrected chi connectivity index (χ3v) is 3.70. The zero-order valence-corrected chi connectivity index (χ0v) is 11.1. The predicted molar refractivity (Wildman–Crippen MR) is 74.7 cm³/mol. The zero-order valence-electron chi connectivity index (χ0n) is 11.1. The fraction of sp³-hybridized carbons (Fsp3) is 0.600. The number of nitrogens with one attached hydrogen (secondary N) is 1. The largest absolute Gasteiger partial charge is 0.369 e. The average molecular weight is 232 g/mol. The van der Waals surface area contributed by atoms with Crippen LogP contribution >= 0.6 is 0 Å². The highest BCUT2D eigenvalue weighted by molar-refractivity contribution is 5.48. The fourth-order valence-corrected chi connectivity index (χ4v) is 2.49. The van der Waals surface area contributed by atoms with Crippen molar-refractivity contribution in [1.29, 1.82) is 0 Å². The van der Waals surface area contributed by atoms with Crippen LogP contribution in [-0.4, -0.2) is 25.7 Å². The van der Waals surface area contributed by atoms with Gasteiger partial charge in [-0.2, -0.15) is 0 Å². The summed E-state index contributed by atoms with van der Waals surface area (Å²) in [5, 5.41) is 3.48. The topological polar surface area (TPSA) is 15.3 Å². The van der Waals surface area contributed by atoms with Crippen molar-refractivity contribution < 1.29 is 0 Å². The molecule has 0 saturated carbocycles. The van der Waals surface area contributed by atoms with Crippen LogP contribution < -0.4 is 10.2 Å². The first-order valence-electron chi connectivity index (χ1n) is 6.87. The van der Waals surface area contributed by atoms with Crippen LogP contribution in [0.5, 0.6) is 0 Å². The molecule has 0 aliphatic carbocycles. The summed E-state index contributed by atoms with van der Waals surface area (Å²) in [4.78, 5) is 2.56. The molecular formula is C15H24N2. The van der Waals surface area contributed by atoms with Gasteiger partial charge in [-0.15, -0.1) is 0 Å². The second-order valence-electron chi connectivity index (χ2n) is 4.95. The maximum atomic E-state index is 3.48. The molecule has 1 aromatic carbocycles. The summed E-state index contributed by atoms with van der Waals surface area (Å²) in [5.41, 5.74) is 2.81. The first kappa shape index (κ1) is 12.4. The van der Waals surface area contributed by atoms with Crippen molar-refractivity contribution in [1.82, 2.24) is 5.32 Å². The van der Waals surface area contributed by atoms with Crippen LogP contribution in [0.3, 0.4) is 0 Å². The number of nitrogens with zero attached hydrogens (tertiary/aromatic N) is 1. The van der Waals surface area contributed by atoms with Gasteiger partial charge in [0.25, 0.3) is 0 Å². The molecule has 1 aliphatic heterocycles. The minimum absolute atomic E-state index is 0.635. The van der Waals surface area contributed by atoms with E-state index in [0.717, 1.165) is 19.5 Å². The first-order valence-corrected chi connectivity index (χ1v) is 6.87. The molecule has 1 heterocycles. The van der Waals surface area contributed by atoms with Gasteiger partial charge in [0.05, 0.1) is 0 Å². The molecular weight excluding hydrogens is 208 g/mol. The highest BCUT2D eigenvalue weighted by Crippen LogP contribution is 2.20. The summed E-state index contributed by atoms with van der Waals surface area (Å²) >= 11 is 0. The molecule has 1 fully saturated rings. The van der Waals surface area contributed by atoms with Crippen molar-refractivity contribution >= 4 is 5.69 Å². The monoisotopic (exact) mass is 232 g/mol. The lowest BCUT2D eigenvalue weighted by Gasteiger charge is -2.33. The Kier molecular flexibility index (Phi) is 4.43. The molecule has 0 bridgehead atoms. The van der Waals surface area contributed by atoms with Gasteiger partial charge in [-0.25, -0.2) is 0 Å². The lowest BCUT2D eigenvalue weighted by molar-refractivity contribution is 0.499. The van der Waals surface area contributed by atoms with Gasteiger partial charge in [-0.05, 0) is 57.0 Å². The molecule has 1 aliphatic rings. The number of benzene rings is 1. The molecule has 0 spiro atoms. The Bertz CT molecular complexity index is 331. The molecule has 1 aromatic rings. The van der Waals surface area contributed by atoms with E-state index in [2.05, 4.69) is 48.3 Å². The highest BCUT2D eigenvalue weighted by Gasteiger charge is 2.15. The molecule has 1 atom stereocenters. The third kappa shape index (κ3) is 3.22. The van der Waals surface area contributed by atoms with Gasteiger partial charge in [-0.1, -0.05) is 19.1 Å². The van der Waals surface area contributed by atoms with Crippen LogP contribution in [0, 0.1) is 0 Å². The van der Waals surface area contributed by atoms with Crippen LogP contribution in [0.1, 0.15) is 32.3 Å². The van der Waals surface area contributed by atoms with E-state index >= 15 is 0 Å². The Morgan fingerprint density at radius 2 is 2.00 bits per heavy atom. The van der Waals surface area contributed by atoms with E-state index in [0.29, 0.717) is 6.04 Å². The van der Waals surface area contributed by atoms with Crippen molar-refractivity contribution in [2.45, 2.75) is 39.2 Å². The highest BCUT2D eigenvalue weighted by atomic mass is 15.2. The number of rotatable bonds is 2. The van der Waals surface area contributed by atoms with Gasteiger partial charge >= 0.3 is 0 Å². The molecule has 0 amide bonds. The SMILES string of the molecule is CCc1ccc(N2CCCNCCC2C)cc1. The van der Waals surface area contributed by atoms with E-state index in [-0.39, 0.29) is 0 Å². The van der Waals surface area contributed by atoms with E-state index in [4.69, 9.17) is 0 Å². The molecule has 0 aromatic heterocycles. The molecule has 1 unspecified atom stereocenters. The van der Waals surface area contributed by atoms with Gasteiger partial charge < -0.3 is 10.2 Å². The van der Waals surface area contributed by atoms with Crippen molar-refractivity contribution in [3.8, 4) is 0 Å². The van der Waals surface area contributed by atoms with Crippen LogP contribution in [-0.2, 0) is 6.42 Å². The molecule has 1 saturated heterocycles. The third-order valence-electron chi connectivity index (χ3n) is 3.70. The lowest BCUT2D eigenvalue weighted by Crippen LogP contribution is -2.40. The molecule has 0 radical (unpaired) electrons. The molecule has 94 valence electrons. The quantitative estimate of drug-likeness (QED) is 0.843. The van der Waals surface area contributed by atoms with Crippen LogP contribution in [0.25, 0.3) is 0 Å². The number of anilines is 1. The summed E-state index contributed by atoms with van der Waals surface area (Å²) < 4.78 is 0. The molecule has 17 heavy (non-hydrogen) atoms. The first-order chi connectivity index (χ1) is 8.31. The molecule has 1 N–H and O–H groups in total. The number of hydrogen-bond donors (Lipinski definition) is 1. The number of hydrogen-bond acceptors (Lipinski definition) is 2. The number of aryl methyl sites for hydroxylation is 1. The van der Waals surface area contributed by atoms with E-state index < -0.39 is 0 Å². The summed E-state index contributed by atoms with van der Waals surface area (Å²) in [6, 6.07) is 9.72. The van der Waals surface area contributed by atoms with Gasteiger partial charge in [0.2, 0.25) is 0 Å². The van der Waals surface area contributed by atoms with E-state index in [1.165, 1.54) is 30.6 Å². The summed E-state index contributed by atoms with van der Waals surface area (Å²) in [6.45, 7) is 8.00. The second kappa shape index (κ2) is 6.06. The van der Waals surface area contributed by atoms with Crippen molar-refractivity contribution in [3.05, 3.63) is 29.8 Å². The smallest absolute Gasteiger partial charge is 0.0368 e. The van der Waals surface area contributed by atoms with E-state index in [1.54, 1.807) is 0 Å². The zero-order chi connectivity index (χ0) is 12.1. The van der Waals surface area contributed by atoms with E-state index in [9.17, 15) is 0 Å². The Balaban J connectivity index is 2.11. The minimum atomic E-state index is 0.635. The fourth-order valence-electron chi connectivity index (χ4n) is 2.49. The minimum Gasteiger partial charge on any atom is -0.369 e. The molecule has 2 nitrogen and oxygen atoms in total. The second-order valence-corrected chi connectivity index (χ2v) is 4.95. The molecule has 2 heteroatoms. The Morgan fingerprint density at radius 1 is 1.24 bits per heavy atom. The standard InChI is InChI=1S/C15H24N2/c1-3-14-5-7-15(8-6-14)17-12-4-10-16-11-9-13(17)2/h5-8,13,16H,3-4,9-12H2,1-2H3. The van der Waals surface area contributed by atoms with Gasteiger partial charge in [0.15, 0.2) is 0 Å². The summed E-state index contributed by atoms with van der Waals surface area (Å²) in [6.07, 6.45) is 3.59. The van der Waals surface area contributed by atoms with Gasteiger partial charge in [0, 0.05) is 18.3 Å². The maximum absolute atomic E-state index is 3.48. The van der Waals surface area contributed by atoms with Crippen LogP contribution in [0.2, 0.25) is 0 Å². The Labute approximate surface area is 105 Å². The van der Waals surface area contributed by atoms with Gasteiger partial charge in [0.1, 0.15) is 0 Å². The van der Waals surface area contributed by atoms with E-state index in [1.807, 2.05) is 0 Å². The predicted octanol–water partition coefficient (Wildman–Crippen LogP) is 2.83. The van der Waals surface area contributed by atoms with Crippen molar-refractivity contribution in [2.75, 3.05) is 24.5 Å². The van der Waals surface area contributed by atoms with Crippen LogP contribution in [0.4, 0.5) is 5.69 Å². The normalized spacial score (nSPS) is 22.0. The summed E-state index contributed by atoms with van der Waals surface area (Å²) in [5.74, 6) is 0. The Hall–Kier alpha value is -1.02.